The lowest BCUT2D eigenvalue weighted by Crippen LogP contribution is -2.28. The van der Waals surface area contributed by atoms with Crippen molar-refractivity contribution < 1.29 is 28.9 Å². The fraction of sp³-hybridized carbons (Fsp3) is 0.263. The smallest absolute Gasteiger partial charge is 0.407 e. The van der Waals surface area contributed by atoms with E-state index in [1.165, 1.54) is 0 Å². The number of benzene rings is 2. The number of ether oxygens (including phenoxy) is 1. The Labute approximate surface area is 171 Å². The lowest BCUT2D eigenvalue weighted by atomic mass is 10.0. The third-order valence-corrected chi connectivity index (χ3v) is 6.13. The molecule has 0 aromatic heterocycles. The average Bonchev–Trinajstić information content (AvgIpc) is 2.66. The van der Waals surface area contributed by atoms with Crippen molar-refractivity contribution in [3.63, 3.8) is 0 Å². The van der Waals surface area contributed by atoms with Crippen LogP contribution in [-0.2, 0) is 27.1 Å². The monoisotopic (exact) mass is 469 g/mol. The van der Waals surface area contributed by atoms with Crippen molar-refractivity contribution >= 4 is 35.4 Å². The first kappa shape index (κ1) is 22.1. The summed E-state index contributed by atoms with van der Waals surface area (Å²) in [6.45, 7) is 0.0315. The molecule has 2 aromatic rings. The minimum Gasteiger partial charge on any atom is -0.481 e. The maximum absolute atomic E-state index is 12.4. The van der Waals surface area contributed by atoms with E-state index in [1.807, 2.05) is 6.07 Å². The van der Waals surface area contributed by atoms with Gasteiger partial charge in [-0.3, -0.25) is 9.36 Å². The number of rotatable bonds is 9. The number of nitrogens with one attached hydrogen (secondary N) is 1. The number of carboxylic acid groups (broad SMARTS) is 1. The van der Waals surface area contributed by atoms with E-state index in [1.54, 1.807) is 48.5 Å². The van der Waals surface area contributed by atoms with Crippen molar-refractivity contribution in [3.05, 3.63) is 70.2 Å². The third-order valence-electron chi connectivity index (χ3n) is 3.93. The molecule has 2 atom stereocenters. The Bertz CT molecular complexity index is 843. The summed E-state index contributed by atoms with van der Waals surface area (Å²) in [5.41, 5.74) is 1.52. The standard InChI is InChI=1S/C19H21BrNO6P/c20-17-8-6-14(7-9-17)10-16(18(22)23)12-28(25,26)13-21-19(24)27-11-15-4-2-1-3-5-15/h1-9,16H,10-13H2,(H,21,24)(H,22,23)(H,25,26)/t16-/m0/s1. The zero-order valence-electron chi connectivity index (χ0n) is 15.0. The number of hydrogen-bond donors (Lipinski definition) is 3. The number of aliphatic carboxylic acids is 1. The van der Waals surface area contributed by atoms with Crippen LogP contribution in [0.3, 0.4) is 0 Å². The van der Waals surface area contributed by atoms with Crippen molar-refractivity contribution in [1.82, 2.24) is 5.32 Å². The molecule has 150 valence electrons. The Morgan fingerprint density at radius 3 is 2.32 bits per heavy atom. The highest BCUT2D eigenvalue weighted by Gasteiger charge is 2.29. The van der Waals surface area contributed by atoms with Crippen LogP contribution in [0, 0.1) is 5.92 Å². The lowest BCUT2D eigenvalue weighted by Gasteiger charge is -2.18. The van der Waals surface area contributed by atoms with Crippen LogP contribution < -0.4 is 5.32 Å². The Morgan fingerprint density at radius 1 is 1.07 bits per heavy atom. The molecule has 0 aliphatic carbocycles. The quantitative estimate of drug-likeness (QED) is 0.480. The summed E-state index contributed by atoms with van der Waals surface area (Å²) < 4.78 is 18.2. The zero-order chi connectivity index (χ0) is 20.6. The molecule has 28 heavy (non-hydrogen) atoms. The number of carbonyl (C=O) groups excluding carboxylic acids is 1. The van der Waals surface area contributed by atoms with Gasteiger partial charge in [-0.05, 0) is 29.7 Å². The number of alkyl carbamates (subject to hydrolysis) is 1. The molecule has 0 aliphatic rings. The number of carbonyl (C=O) groups is 2. The van der Waals surface area contributed by atoms with Crippen LogP contribution in [0.5, 0.6) is 0 Å². The highest BCUT2D eigenvalue weighted by atomic mass is 79.9. The van der Waals surface area contributed by atoms with Gasteiger partial charge in [-0.15, -0.1) is 0 Å². The summed E-state index contributed by atoms with van der Waals surface area (Å²) in [7, 11) is -3.90. The van der Waals surface area contributed by atoms with Crippen LogP contribution in [0.4, 0.5) is 4.79 Å². The van der Waals surface area contributed by atoms with Crippen LogP contribution in [0.15, 0.2) is 59.1 Å². The first-order valence-corrected chi connectivity index (χ1v) is 11.3. The molecule has 3 N–H and O–H groups in total. The van der Waals surface area contributed by atoms with E-state index in [0.29, 0.717) is 0 Å². The summed E-state index contributed by atoms with van der Waals surface area (Å²) in [6.07, 6.45) is -1.72. The topological polar surface area (TPSA) is 113 Å². The van der Waals surface area contributed by atoms with E-state index in [2.05, 4.69) is 21.2 Å². The van der Waals surface area contributed by atoms with E-state index in [9.17, 15) is 24.2 Å². The van der Waals surface area contributed by atoms with Gasteiger partial charge >= 0.3 is 12.1 Å². The van der Waals surface area contributed by atoms with Gasteiger partial charge in [0.05, 0.1) is 12.2 Å². The van der Waals surface area contributed by atoms with Gasteiger partial charge in [0.25, 0.3) is 0 Å². The molecular weight excluding hydrogens is 449 g/mol. The van der Waals surface area contributed by atoms with Crippen molar-refractivity contribution in [2.45, 2.75) is 13.0 Å². The van der Waals surface area contributed by atoms with Crippen LogP contribution in [-0.4, -0.2) is 34.5 Å². The molecule has 0 bridgehead atoms. The summed E-state index contributed by atoms with van der Waals surface area (Å²) in [5.74, 6) is -2.21. The Hall–Kier alpha value is -2.15. The van der Waals surface area contributed by atoms with Crippen LogP contribution >= 0.6 is 23.3 Å². The van der Waals surface area contributed by atoms with Gasteiger partial charge in [0.1, 0.15) is 6.61 Å². The molecule has 1 amide bonds. The summed E-state index contributed by atoms with van der Waals surface area (Å²) >= 11 is 3.30. The van der Waals surface area contributed by atoms with Crippen LogP contribution in [0.2, 0.25) is 0 Å². The molecule has 0 spiro atoms. The molecule has 1 unspecified atom stereocenters. The molecule has 0 aliphatic heterocycles. The van der Waals surface area contributed by atoms with Gasteiger partial charge in [-0.1, -0.05) is 58.4 Å². The second kappa shape index (κ2) is 10.4. The maximum Gasteiger partial charge on any atom is 0.407 e. The van der Waals surface area contributed by atoms with Crippen molar-refractivity contribution in [2.75, 3.05) is 12.4 Å². The molecule has 2 rings (SSSR count). The second-order valence-corrected chi connectivity index (χ2v) is 9.58. The predicted octanol–water partition coefficient (Wildman–Crippen LogP) is 3.85. The van der Waals surface area contributed by atoms with Gasteiger partial charge in [-0.25, -0.2) is 4.79 Å². The molecule has 0 fully saturated rings. The second-order valence-electron chi connectivity index (χ2n) is 6.29. The first-order chi connectivity index (χ1) is 13.2. The molecule has 0 radical (unpaired) electrons. The Kier molecular flexibility index (Phi) is 8.23. The molecule has 2 aromatic carbocycles. The number of amides is 1. The lowest BCUT2D eigenvalue weighted by molar-refractivity contribution is -0.141. The summed E-state index contributed by atoms with van der Waals surface area (Å²) in [4.78, 5) is 33.3. The van der Waals surface area contributed by atoms with Gasteiger partial charge in [0.2, 0.25) is 7.37 Å². The van der Waals surface area contributed by atoms with Crippen LogP contribution in [0.1, 0.15) is 11.1 Å². The van der Waals surface area contributed by atoms with Crippen molar-refractivity contribution in [1.29, 1.82) is 0 Å². The molecule has 7 nitrogen and oxygen atoms in total. The minimum absolute atomic E-state index is 0.0315. The Morgan fingerprint density at radius 2 is 1.71 bits per heavy atom. The fourth-order valence-electron chi connectivity index (χ4n) is 2.51. The van der Waals surface area contributed by atoms with E-state index in [-0.39, 0.29) is 13.0 Å². The van der Waals surface area contributed by atoms with Crippen molar-refractivity contribution in [2.24, 2.45) is 5.92 Å². The van der Waals surface area contributed by atoms with Gasteiger partial charge in [0.15, 0.2) is 0 Å². The van der Waals surface area contributed by atoms with Crippen molar-refractivity contribution in [3.8, 4) is 0 Å². The van der Waals surface area contributed by atoms with Gasteiger partial charge in [-0.2, -0.15) is 0 Å². The SMILES string of the molecule is O=C(NCP(=O)(O)C[C@H](Cc1ccc(Br)cc1)C(=O)O)OCc1ccccc1. The molecular formula is C19H21BrNO6P. The number of carboxylic acids is 1. The largest absolute Gasteiger partial charge is 0.481 e. The van der Waals surface area contributed by atoms with Crippen LogP contribution in [0.25, 0.3) is 0 Å². The predicted molar refractivity (Wildman–Crippen MR) is 108 cm³/mol. The zero-order valence-corrected chi connectivity index (χ0v) is 17.4. The normalized spacial score (nSPS) is 13.9. The molecule has 0 saturated heterocycles. The highest BCUT2D eigenvalue weighted by Crippen LogP contribution is 2.42. The summed E-state index contributed by atoms with van der Waals surface area (Å²) in [6, 6.07) is 16.1. The number of halogens is 1. The molecule has 9 heteroatoms. The van der Waals surface area contributed by atoms with Gasteiger partial charge in [0, 0.05) is 10.6 Å². The molecule has 0 heterocycles. The third kappa shape index (κ3) is 7.84. The maximum atomic E-state index is 12.4. The van der Waals surface area contributed by atoms with E-state index in [0.717, 1.165) is 15.6 Å². The van der Waals surface area contributed by atoms with E-state index >= 15 is 0 Å². The Balaban J connectivity index is 1.85. The van der Waals surface area contributed by atoms with E-state index < -0.39 is 37.8 Å². The molecule has 0 saturated carbocycles. The highest BCUT2D eigenvalue weighted by molar-refractivity contribution is 9.10. The van der Waals surface area contributed by atoms with E-state index in [4.69, 9.17) is 4.74 Å². The van der Waals surface area contributed by atoms with Gasteiger partial charge < -0.3 is 20.1 Å². The minimum atomic E-state index is -3.90. The average molecular weight is 470 g/mol. The summed E-state index contributed by atoms with van der Waals surface area (Å²) in [5, 5.41) is 11.6. The first-order valence-electron chi connectivity index (χ1n) is 8.48. The number of hydrogen-bond acceptors (Lipinski definition) is 4. The fourth-order valence-corrected chi connectivity index (χ4v) is 4.25.